The van der Waals surface area contributed by atoms with Gasteiger partial charge < -0.3 is 9.88 Å². The third-order valence-electron chi connectivity index (χ3n) is 3.46. The van der Waals surface area contributed by atoms with E-state index in [1.165, 1.54) is 29.5 Å². The fourth-order valence-electron chi connectivity index (χ4n) is 2.26. The van der Waals surface area contributed by atoms with Crippen LogP contribution >= 0.6 is 11.3 Å². The van der Waals surface area contributed by atoms with Crippen LogP contribution < -0.4 is 5.32 Å². The average molecular weight is 342 g/mol. The zero-order valence-corrected chi connectivity index (χ0v) is 13.7. The summed E-state index contributed by atoms with van der Waals surface area (Å²) in [5, 5.41) is 4.75. The lowest BCUT2D eigenvalue weighted by Crippen LogP contribution is -2.29. The van der Waals surface area contributed by atoms with Crippen LogP contribution in [0.5, 0.6) is 0 Å². The highest BCUT2D eigenvalue weighted by atomic mass is 32.1. The summed E-state index contributed by atoms with van der Waals surface area (Å²) in [6.07, 6.45) is 6.52. The summed E-state index contributed by atoms with van der Waals surface area (Å²) in [5.41, 5.74) is 3.18. The lowest BCUT2D eigenvalue weighted by molar-refractivity contribution is -0.117. The van der Waals surface area contributed by atoms with Crippen molar-refractivity contribution in [1.82, 2.24) is 19.9 Å². The van der Waals surface area contributed by atoms with Gasteiger partial charge in [0, 0.05) is 30.9 Å². The number of halogens is 1. The van der Waals surface area contributed by atoms with Crippen molar-refractivity contribution in [2.45, 2.75) is 6.04 Å². The number of rotatable bonds is 5. The van der Waals surface area contributed by atoms with E-state index >= 15 is 0 Å². The Hall–Kier alpha value is -2.80. The summed E-state index contributed by atoms with van der Waals surface area (Å²) >= 11 is 1.46. The van der Waals surface area contributed by atoms with Crippen LogP contribution in [-0.2, 0) is 11.8 Å². The number of hydrogen-bond donors (Lipinski definition) is 1. The van der Waals surface area contributed by atoms with E-state index in [4.69, 9.17) is 0 Å². The Labute approximate surface area is 142 Å². The largest absolute Gasteiger partial charge is 0.339 e. The first-order valence-electron chi connectivity index (χ1n) is 7.23. The Bertz CT molecular complexity index is 840. The molecule has 2 aromatic heterocycles. The minimum absolute atomic E-state index is 0.277. The molecule has 0 saturated carbocycles. The molecule has 0 spiro atoms. The molecule has 0 aliphatic rings. The van der Waals surface area contributed by atoms with Gasteiger partial charge in [0.25, 0.3) is 0 Å². The normalized spacial score (nSPS) is 12.4. The number of thiazole rings is 1. The first kappa shape index (κ1) is 16.1. The van der Waals surface area contributed by atoms with Gasteiger partial charge >= 0.3 is 0 Å². The van der Waals surface area contributed by atoms with Crippen molar-refractivity contribution in [3.05, 3.63) is 76.5 Å². The van der Waals surface area contributed by atoms with Crippen LogP contribution in [0, 0.1) is 5.82 Å². The molecule has 7 heteroatoms. The van der Waals surface area contributed by atoms with Crippen LogP contribution in [0.15, 0.2) is 53.6 Å². The minimum Gasteiger partial charge on any atom is -0.339 e. The van der Waals surface area contributed by atoms with Gasteiger partial charge in [0.05, 0.1) is 11.2 Å². The summed E-state index contributed by atoms with van der Waals surface area (Å²) in [6, 6.07) is 5.53. The van der Waals surface area contributed by atoms with Crippen LogP contribution in [0.2, 0.25) is 0 Å². The molecule has 24 heavy (non-hydrogen) atoms. The zero-order valence-electron chi connectivity index (χ0n) is 12.9. The number of benzene rings is 1. The standard InChI is InChI=1S/C17H15FN4OS/c1-22-9-8-19-17(22)16(12-2-4-13(18)5-3-12)21-15(23)7-6-14-10-24-11-20-14/h2-11,16H,1H3,(H,21,23)/b7-6-/t16-/m1/s1. The molecule has 0 aliphatic heterocycles. The summed E-state index contributed by atoms with van der Waals surface area (Å²) in [5.74, 6) is 0.0597. The topological polar surface area (TPSA) is 59.8 Å². The van der Waals surface area contributed by atoms with Crippen LogP contribution in [0.25, 0.3) is 6.08 Å². The number of nitrogens with one attached hydrogen (secondary N) is 1. The van der Waals surface area contributed by atoms with Crippen LogP contribution in [0.3, 0.4) is 0 Å². The first-order chi connectivity index (χ1) is 11.6. The highest BCUT2D eigenvalue weighted by Crippen LogP contribution is 2.20. The maximum Gasteiger partial charge on any atom is 0.244 e. The number of aryl methyl sites for hydroxylation is 1. The Morgan fingerprint density at radius 2 is 2.12 bits per heavy atom. The molecule has 1 amide bonds. The Balaban J connectivity index is 1.84. The molecule has 3 aromatic rings. The van der Waals surface area contributed by atoms with Crippen molar-refractivity contribution in [3.63, 3.8) is 0 Å². The van der Waals surface area contributed by atoms with Crippen LogP contribution in [0.4, 0.5) is 4.39 Å². The maximum absolute atomic E-state index is 13.2. The maximum atomic E-state index is 13.2. The van der Waals surface area contributed by atoms with E-state index in [0.29, 0.717) is 5.82 Å². The molecule has 5 nitrogen and oxygen atoms in total. The predicted molar refractivity (Wildman–Crippen MR) is 90.7 cm³/mol. The molecule has 0 fully saturated rings. The summed E-state index contributed by atoms with van der Waals surface area (Å²) in [7, 11) is 1.84. The van der Waals surface area contributed by atoms with Crippen molar-refractivity contribution in [2.24, 2.45) is 7.05 Å². The van der Waals surface area contributed by atoms with Crippen molar-refractivity contribution in [2.75, 3.05) is 0 Å². The molecular formula is C17H15FN4OS. The molecule has 122 valence electrons. The van der Waals surface area contributed by atoms with Gasteiger partial charge in [0.2, 0.25) is 5.91 Å². The quantitative estimate of drug-likeness (QED) is 0.725. The average Bonchev–Trinajstić information content (AvgIpc) is 3.23. The molecule has 1 atom stereocenters. The van der Waals surface area contributed by atoms with Crippen molar-refractivity contribution in [1.29, 1.82) is 0 Å². The number of nitrogens with zero attached hydrogens (tertiary/aromatic N) is 3. The molecule has 0 unspecified atom stereocenters. The Kier molecular flexibility index (Phi) is 4.81. The smallest absolute Gasteiger partial charge is 0.244 e. The van der Waals surface area contributed by atoms with E-state index in [1.807, 2.05) is 17.0 Å². The van der Waals surface area contributed by atoms with Gasteiger partial charge in [-0.25, -0.2) is 14.4 Å². The van der Waals surface area contributed by atoms with Gasteiger partial charge in [-0.05, 0) is 23.8 Å². The molecule has 0 saturated heterocycles. The van der Waals surface area contributed by atoms with E-state index < -0.39 is 6.04 Å². The lowest BCUT2D eigenvalue weighted by Gasteiger charge is -2.18. The van der Waals surface area contributed by atoms with Gasteiger partial charge in [-0.2, -0.15) is 0 Å². The van der Waals surface area contributed by atoms with E-state index in [-0.39, 0.29) is 11.7 Å². The number of carbonyl (C=O) groups excluding carboxylic acids is 1. The first-order valence-corrected chi connectivity index (χ1v) is 8.17. The zero-order chi connectivity index (χ0) is 16.9. The number of amides is 1. The molecule has 1 N–H and O–H groups in total. The van der Waals surface area contributed by atoms with Crippen molar-refractivity contribution < 1.29 is 9.18 Å². The van der Waals surface area contributed by atoms with Gasteiger partial charge in [-0.1, -0.05) is 12.1 Å². The van der Waals surface area contributed by atoms with Gasteiger partial charge in [0.15, 0.2) is 0 Å². The lowest BCUT2D eigenvalue weighted by atomic mass is 10.1. The molecule has 0 radical (unpaired) electrons. The Morgan fingerprint density at radius 1 is 1.33 bits per heavy atom. The SMILES string of the molecule is Cn1ccnc1[C@H](NC(=O)/C=C\c1cscn1)c1ccc(F)cc1. The van der Waals surface area contributed by atoms with Gasteiger partial charge in [-0.3, -0.25) is 4.79 Å². The van der Waals surface area contributed by atoms with Gasteiger partial charge in [-0.15, -0.1) is 11.3 Å². The number of imidazole rings is 1. The van der Waals surface area contributed by atoms with E-state index in [1.54, 1.807) is 36.1 Å². The second-order valence-corrected chi connectivity index (χ2v) is 5.85. The van der Waals surface area contributed by atoms with E-state index in [9.17, 15) is 9.18 Å². The second-order valence-electron chi connectivity index (χ2n) is 5.14. The van der Waals surface area contributed by atoms with Crippen LogP contribution in [0.1, 0.15) is 23.1 Å². The number of aromatic nitrogens is 3. The molecular weight excluding hydrogens is 327 g/mol. The summed E-state index contributed by atoms with van der Waals surface area (Å²) < 4.78 is 15.0. The molecule has 1 aromatic carbocycles. The highest BCUT2D eigenvalue weighted by Gasteiger charge is 2.19. The van der Waals surface area contributed by atoms with Crippen molar-refractivity contribution in [3.8, 4) is 0 Å². The van der Waals surface area contributed by atoms with Crippen LogP contribution in [-0.4, -0.2) is 20.4 Å². The molecule has 2 heterocycles. The van der Waals surface area contributed by atoms with E-state index in [0.717, 1.165) is 11.3 Å². The molecule has 0 aliphatic carbocycles. The summed E-state index contributed by atoms with van der Waals surface area (Å²) in [6.45, 7) is 0. The summed E-state index contributed by atoms with van der Waals surface area (Å²) in [4.78, 5) is 20.7. The number of carbonyl (C=O) groups is 1. The second kappa shape index (κ2) is 7.18. The van der Waals surface area contributed by atoms with Crippen molar-refractivity contribution >= 4 is 23.3 Å². The Morgan fingerprint density at radius 3 is 2.75 bits per heavy atom. The number of hydrogen-bond acceptors (Lipinski definition) is 4. The monoisotopic (exact) mass is 342 g/mol. The molecule has 0 bridgehead atoms. The van der Waals surface area contributed by atoms with Gasteiger partial charge in [0.1, 0.15) is 17.7 Å². The third-order valence-corrected chi connectivity index (χ3v) is 4.07. The third kappa shape index (κ3) is 3.75. The van der Waals surface area contributed by atoms with E-state index in [2.05, 4.69) is 15.3 Å². The fourth-order valence-corrected chi connectivity index (χ4v) is 2.79. The highest BCUT2D eigenvalue weighted by molar-refractivity contribution is 7.07. The fraction of sp³-hybridized carbons (Fsp3) is 0.118. The minimum atomic E-state index is -0.474. The predicted octanol–water partition coefficient (Wildman–Crippen LogP) is 2.93. The molecule has 3 rings (SSSR count).